The van der Waals surface area contributed by atoms with Crippen LogP contribution >= 0.6 is 0 Å². The molecule has 1 aromatic carbocycles. The number of fused-ring (bicyclic) bond motifs is 1. The minimum atomic E-state index is 0.0177. The fraction of sp³-hybridized carbons (Fsp3) is 0.375. The van der Waals surface area contributed by atoms with Gasteiger partial charge < -0.3 is 14.2 Å². The molecule has 4 rings (SSSR count). The van der Waals surface area contributed by atoms with E-state index in [9.17, 15) is 0 Å². The molecule has 22 heavy (non-hydrogen) atoms. The normalized spacial score (nSPS) is 19.8. The predicted octanol–water partition coefficient (Wildman–Crippen LogP) is 2.43. The van der Waals surface area contributed by atoms with Crippen molar-refractivity contribution in [1.29, 1.82) is 0 Å². The van der Waals surface area contributed by atoms with Gasteiger partial charge in [0.25, 0.3) is 0 Å². The number of ether oxygens (including phenoxy) is 1. The summed E-state index contributed by atoms with van der Waals surface area (Å²) < 4.78 is 11.0. The van der Waals surface area contributed by atoms with Gasteiger partial charge in [-0.3, -0.25) is 4.90 Å². The molecule has 0 spiro atoms. The van der Waals surface area contributed by atoms with Gasteiger partial charge in [-0.1, -0.05) is 17.3 Å². The molecule has 3 heterocycles. The average Bonchev–Trinajstić information content (AvgIpc) is 3.17. The van der Waals surface area contributed by atoms with Crippen LogP contribution in [0.4, 0.5) is 0 Å². The molecule has 1 aliphatic heterocycles. The smallest absolute Gasteiger partial charge is 0.246 e. The van der Waals surface area contributed by atoms with E-state index in [0.29, 0.717) is 18.3 Å². The highest BCUT2D eigenvalue weighted by Crippen LogP contribution is 2.27. The first kappa shape index (κ1) is 13.5. The number of nitrogens with one attached hydrogen (secondary N) is 1. The topological polar surface area (TPSA) is 67.2 Å². The van der Waals surface area contributed by atoms with Crippen molar-refractivity contribution in [2.45, 2.75) is 19.5 Å². The second-order valence-corrected chi connectivity index (χ2v) is 5.60. The zero-order chi connectivity index (χ0) is 14.9. The summed E-state index contributed by atoms with van der Waals surface area (Å²) in [6.45, 7) is 4.84. The summed E-state index contributed by atoms with van der Waals surface area (Å²) in [5.74, 6) is 1.30. The molecule has 0 saturated carbocycles. The number of H-pyrrole nitrogens is 1. The van der Waals surface area contributed by atoms with Gasteiger partial charge >= 0.3 is 0 Å². The van der Waals surface area contributed by atoms with Crippen LogP contribution in [-0.2, 0) is 11.3 Å². The Bertz CT molecular complexity index is 779. The number of aryl methyl sites for hydroxylation is 1. The highest BCUT2D eigenvalue weighted by atomic mass is 16.5. The zero-order valence-corrected chi connectivity index (χ0v) is 12.5. The Labute approximate surface area is 128 Å². The molecule has 0 radical (unpaired) electrons. The second kappa shape index (κ2) is 5.55. The van der Waals surface area contributed by atoms with E-state index in [4.69, 9.17) is 9.26 Å². The van der Waals surface area contributed by atoms with Gasteiger partial charge in [-0.05, 0) is 24.6 Å². The minimum absolute atomic E-state index is 0.0177. The van der Waals surface area contributed by atoms with Gasteiger partial charge in [-0.15, -0.1) is 0 Å². The Morgan fingerprint density at radius 3 is 3.18 bits per heavy atom. The Balaban J connectivity index is 1.63. The number of morpholine rings is 1. The van der Waals surface area contributed by atoms with Crippen molar-refractivity contribution in [3.8, 4) is 0 Å². The lowest BCUT2D eigenvalue weighted by molar-refractivity contribution is -0.0239. The van der Waals surface area contributed by atoms with Crippen LogP contribution in [0.25, 0.3) is 10.9 Å². The largest absolute Gasteiger partial charge is 0.378 e. The third-order valence-electron chi connectivity index (χ3n) is 4.13. The van der Waals surface area contributed by atoms with Crippen molar-refractivity contribution in [3.05, 3.63) is 47.7 Å². The fourth-order valence-electron chi connectivity index (χ4n) is 3.01. The van der Waals surface area contributed by atoms with Crippen molar-refractivity contribution in [2.75, 3.05) is 19.8 Å². The summed E-state index contributed by atoms with van der Waals surface area (Å²) in [6.07, 6.45) is 1.98. The van der Waals surface area contributed by atoms with Crippen LogP contribution in [0, 0.1) is 6.92 Å². The maximum absolute atomic E-state index is 5.61. The van der Waals surface area contributed by atoms with Gasteiger partial charge in [0, 0.05) is 30.2 Å². The molecule has 0 unspecified atom stereocenters. The van der Waals surface area contributed by atoms with E-state index in [2.05, 4.69) is 44.3 Å². The molecule has 1 atom stereocenters. The maximum Gasteiger partial charge on any atom is 0.246 e. The van der Waals surface area contributed by atoms with Gasteiger partial charge in [-0.2, -0.15) is 4.98 Å². The first-order chi connectivity index (χ1) is 10.8. The van der Waals surface area contributed by atoms with E-state index in [0.717, 1.165) is 25.2 Å². The van der Waals surface area contributed by atoms with Crippen molar-refractivity contribution >= 4 is 10.9 Å². The Kier molecular flexibility index (Phi) is 3.40. The fourth-order valence-corrected chi connectivity index (χ4v) is 3.01. The number of rotatable bonds is 3. The Hall–Kier alpha value is -2.18. The van der Waals surface area contributed by atoms with Gasteiger partial charge in [0.05, 0.1) is 13.2 Å². The van der Waals surface area contributed by atoms with Crippen LogP contribution in [0.5, 0.6) is 0 Å². The van der Waals surface area contributed by atoms with Crippen molar-refractivity contribution in [3.63, 3.8) is 0 Å². The SMILES string of the molecule is Cc1noc([C@@H]2COCCN2Cc2cccc3[nH]ccc23)n1. The number of hydrogen-bond acceptors (Lipinski definition) is 5. The van der Waals surface area contributed by atoms with Crippen molar-refractivity contribution in [2.24, 2.45) is 0 Å². The molecule has 1 aliphatic rings. The molecule has 6 nitrogen and oxygen atoms in total. The quantitative estimate of drug-likeness (QED) is 0.804. The van der Waals surface area contributed by atoms with Crippen LogP contribution in [-0.4, -0.2) is 39.8 Å². The van der Waals surface area contributed by atoms with Crippen LogP contribution < -0.4 is 0 Å². The zero-order valence-electron chi connectivity index (χ0n) is 12.5. The summed E-state index contributed by atoms with van der Waals surface area (Å²) in [5.41, 5.74) is 2.46. The highest BCUT2D eigenvalue weighted by Gasteiger charge is 2.29. The molecule has 0 amide bonds. The first-order valence-corrected chi connectivity index (χ1v) is 7.48. The highest BCUT2D eigenvalue weighted by molar-refractivity contribution is 5.82. The summed E-state index contributed by atoms with van der Waals surface area (Å²) >= 11 is 0. The van der Waals surface area contributed by atoms with Gasteiger partial charge in [0.15, 0.2) is 5.82 Å². The number of aromatic amines is 1. The van der Waals surface area contributed by atoms with E-state index in [-0.39, 0.29) is 6.04 Å². The van der Waals surface area contributed by atoms with E-state index in [1.54, 1.807) is 0 Å². The Morgan fingerprint density at radius 2 is 2.32 bits per heavy atom. The number of hydrogen-bond donors (Lipinski definition) is 1. The first-order valence-electron chi connectivity index (χ1n) is 7.48. The summed E-state index contributed by atoms with van der Waals surface area (Å²) in [4.78, 5) is 9.98. The summed E-state index contributed by atoms with van der Waals surface area (Å²) in [7, 11) is 0. The lowest BCUT2D eigenvalue weighted by Gasteiger charge is -2.33. The molecule has 2 aromatic heterocycles. The molecule has 3 aromatic rings. The molecule has 6 heteroatoms. The Morgan fingerprint density at radius 1 is 1.36 bits per heavy atom. The van der Waals surface area contributed by atoms with E-state index < -0.39 is 0 Å². The van der Waals surface area contributed by atoms with Crippen LogP contribution in [0.1, 0.15) is 23.3 Å². The van der Waals surface area contributed by atoms with E-state index in [1.165, 1.54) is 10.9 Å². The van der Waals surface area contributed by atoms with Crippen LogP contribution in [0.15, 0.2) is 35.0 Å². The standard InChI is InChI=1S/C16H18N4O2/c1-11-18-16(22-19-11)15-10-21-8-7-20(15)9-12-3-2-4-14-13(12)5-6-17-14/h2-6,15,17H,7-10H2,1H3/t15-/m0/s1. The second-order valence-electron chi connectivity index (χ2n) is 5.60. The summed E-state index contributed by atoms with van der Waals surface area (Å²) in [5, 5.41) is 5.16. The molecule has 0 bridgehead atoms. The van der Waals surface area contributed by atoms with Crippen LogP contribution in [0.2, 0.25) is 0 Å². The lowest BCUT2D eigenvalue weighted by atomic mass is 10.1. The number of benzene rings is 1. The molecule has 114 valence electrons. The monoisotopic (exact) mass is 298 g/mol. The van der Waals surface area contributed by atoms with Crippen LogP contribution in [0.3, 0.4) is 0 Å². The van der Waals surface area contributed by atoms with Crippen molar-refractivity contribution in [1.82, 2.24) is 20.0 Å². The van der Waals surface area contributed by atoms with Gasteiger partial charge in [0.1, 0.15) is 6.04 Å². The molecule has 1 fully saturated rings. The minimum Gasteiger partial charge on any atom is -0.378 e. The summed E-state index contributed by atoms with van der Waals surface area (Å²) in [6, 6.07) is 8.49. The molecular formula is C16H18N4O2. The molecule has 0 aliphatic carbocycles. The third kappa shape index (κ3) is 2.40. The number of aromatic nitrogens is 3. The van der Waals surface area contributed by atoms with Gasteiger partial charge in [-0.25, -0.2) is 0 Å². The molecular weight excluding hydrogens is 280 g/mol. The van der Waals surface area contributed by atoms with E-state index in [1.807, 2.05) is 13.1 Å². The third-order valence-corrected chi connectivity index (χ3v) is 4.13. The maximum atomic E-state index is 5.61. The van der Waals surface area contributed by atoms with Gasteiger partial charge in [0.2, 0.25) is 5.89 Å². The molecule has 1 N–H and O–H groups in total. The average molecular weight is 298 g/mol. The number of nitrogens with zero attached hydrogens (tertiary/aromatic N) is 3. The van der Waals surface area contributed by atoms with E-state index >= 15 is 0 Å². The lowest BCUT2D eigenvalue weighted by Crippen LogP contribution is -2.39. The van der Waals surface area contributed by atoms with Crippen molar-refractivity contribution < 1.29 is 9.26 Å². The predicted molar refractivity (Wildman–Crippen MR) is 81.3 cm³/mol. The molecule has 1 saturated heterocycles.